The third-order valence-electron chi connectivity index (χ3n) is 2.78. The van der Waals surface area contributed by atoms with Crippen LogP contribution in [0.4, 0.5) is 0 Å². The molecule has 1 aromatic rings. The van der Waals surface area contributed by atoms with E-state index >= 15 is 0 Å². The maximum atomic E-state index is 4.37. The van der Waals surface area contributed by atoms with Gasteiger partial charge in [0.1, 0.15) is 0 Å². The van der Waals surface area contributed by atoms with Crippen molar-refractivity contribution in [3.8, 4) is 0 Å². The Kier molecular flexibility index (Phi) is 4.05. The first kappa shape index (κ1) is 12.7. The van der Waals surface area contributed by atoms with Crippen LogP contribution in [0.5, 0.6) is 0 Å². The average molecular weight is 215 g/mol. The van der Waals surface area contributed by atoms with Gasteiger partial charge in [0.2, 0.25) is 0 Å². The van der Waals surface area contributed by atoms with Gasteiger partial charge in [-0.05, 0) is 63.5 Å². The predicted octanol–water partition coefficient (Wildman–Crippen LogP) is 4.00. The molecule has 0 aromatic heterocycles. The quantitative estimate of drug-likeness (QED) is 0.661. The number of allylic oxidation sites excluding steroid dienone is 2. The summed E-state index contributed by atoms with van der Waals surface area (Å²) in [5.41, 5.74) is 7.55. The molecule has 0 atom stereocenters. The van der Waals surface area contributed by atoms with Gasteiger partial charge in [-0.2, -0.15) is 0 Å². The van der Waals surface area contributed by atoms with Crippen LogP contribution >= 0.6 is 0 Å². The Hall–Kier alpha value is -1.37. The molecule has 1 heteroatoms. The fraction of sp³-hybridized carbons (Fsp3) is 0.400. The summed E-state index contributed by atoms with van der Waals surface area (Å²) < 4.78 is 0. The highest BCUT2D eigenvalue weighted by atomic mass is 14.7. The van der Waals surface area contributed by atoms with Gasteiger partial charge in [0.25, 0.3) is 0 Å². The fourth-order valence-corrected chi connectivity index (χ4v) is 1.77. The minimum absolute atomic E-state index is 1.07. The molecule has 86 valence electrons. The molecule has 0 amide bonds. The zero-order valence-electron chi connectivity index (χ0n) is 11.2. The highest BCUT2D eigenvalue weighted by molar-refractivity contribution is 6.10. The molecule has 0 saturated heterocycles. The molecule has 0 radical (unpaired) electrons. The van der Waals surface area contributed by atoms with E-state index in [4.69, 9.17) is 0 Å². The van der Waals surface area contributed by atoms with Crippen LogP contribution in [0, 0.1) is 20.8 Å². The number of aryl methyl sites for hydroxylation is 3. The second-order valence-electron chi connectivity index (χ2n) is 4.58. The van der Waals surface area contributed by atoms with E-state index in [-0.39, 0.29) is 0 Å². The monoisotopic (exact) mass is 215 g/mol. The van der Waals surface area contributed by atoms with E-state index in [1.165, 1.54) is 27.8 Å². The maximum absolute atomic E-state index is 4.37. The molecule has 0 bridgehead atoms. The smallest absolute Gasteiger partial charge is 0.0645 e. The number of hydrogen-bond acceptors (Lipinski definition) is 1. The molecule has 0 unspecified atom stereocenters. The van der Waals surface area contributed by atoms with Crippen molar-refractivity contribution >= 4 is 5.71 Å². The normalized spacial score (nSPS) is 11.5. The summed E-state index contributed by atoms with van der Waals surface area (Å²) in [4.78, 5) is 4.37. The summed E-state index contributed by atoms with van der Waals surface area (Å²) in [6, 6.07) is 4.46. The van der Waals surface area contributed by atoms with Gasteiger partial charge >= 0.3 is 0 Å². The minimum atomic E-state index is 1.07. The van der Waals surface area contributed by atoms with Crippen molar-refractivity contribution in [1.29, 1.82) is 0 Å². The molecule has 0 heterocycles. The van der Waals surface area contributed by atoms with Gasteiger partial charge in [-0.15, -0.1) is 0 Å². The van der Waals surface area contributed by atoms with Gasteiger partial charge in [-0.3, -0.25) is 4.99 Å². The van der Waals surface area contributed by atoms with E-state index in [0.29, 0.717) is 0 Å². The predicted molar refractivity (Wildman–Crippen MR) is 72.5 cm³/mol. The molecule has 0 aliphatic carbocycles. The van der Waals surface area contributed by atoms with E-state index < -0.39 is 0 Å². The number of rotatable bonds is 2. The van der Waals surface area contributed by atoms with Crippen molar-refractivity contribution in [3.05, 3.63) is 46.0 Å². The lowest BCUT2D eigenvalue weighted by Gasteiger charge is -2.10. The van der Waals surface area contributed by atoms with Gasteiger partial charge in [0.05, 0.1) is 5.71 Å². The highest BCUT2D eigenvalue weighted by Gasteiger charge is 2.06. The summed E-state index contributed by atoms with van der Waals surface area (Å²) in [7, 11) is 1.85. The van der Waals surface area contributed by atoms with E-state index in [1.807, 2.05) is 7.05 Å². The van der Waals surface area contributed by atoms with Gasteiger partial charge < -0.3 is 0 Å². The summed E-state index contributed by atoms with van der Waals surface area (Å²) in [5, 5.41) is 0. The highest BCUT2D eigenvalue weighted by Crippen LogP contribution is 2.17. The standard InChI is InChI=1S/C15H21N/c1-10(2)7-15(16-6)14-9-12(4)11(3)8-13(14)5/h7-9H,1-6H3. The molecule has 0 N–H and O–H groups in total. The number of hydrogen-bond donors (Lipinski definition) is 0. The van der Waals surface area contributed by atoms with Crippen LogP contribution in [-0.2, 0) is 0 Å². The van der Waals surface area contributed by atoms with Crippen molar-refractivity contribution in [2.75, 3.05) is 7.05 Å². The van der Waals surface area contributed by atoms with Crippen molar-refractivity contribution in [2.24, 2.45) is 4.99 Å². The molecule has 0 saturated carbocycles. The lowest BCUT2D eigenvalue weighted by atomic mass is 9.97. The van der Waals surface area contributed by atoms with E-state index in [0.717, 1.165) is 5.71 Å². The molecule has 0 spiro atoms. The van der Waals surface area contributed by atoms with E-state index in [2.05, 4.69) is 57.8 Å². The van der Waals surface area contributed by atoms with Crippen molar-refractivity contribution in [3.63, 3.8) is 0 Å². The van der Waals surface area contributed by atoms with Gasteiger partial charge in [-0.25, -0.2) is 0 Å². The molecule has 0 aliphatic heterocycles. The largest absolute Gasteiger partial charge is 0.288 e. The maximum Gasteiger partial charge on any atom is 0.0645 e. The number of aliphatic imine (C=N–C) groups is 1. The zero-order chi connectivity index (χ0) is 12.3. The Morgan fingerprint density at radius 2 is 1.56 bits per heavy atom. The molecule has 0 fully saturated rings. The molecule has 1 rings (SSSR count). The van der Waals surface area contributed by atoms with Gasteiger partial charge in [-0.1, -0.05) is 11.6 Å². The summed E-state index contributed by atoms with van der Waals surface area (Å²) in [6.07, 6.45) is 2.14. The third kappa shape index (κ3) is 2.82. The Morgan fingerprint density at radius 1 is 1.00 bits per heavy atom. The summed E-state index contributed by atoms with van der Waals surface area (Å²) in [5.74, 6) is 0. The summed E-state index contributed by atoms with van der Waals surface area (Å²) in [6.45, 7) is 10.6. The van der Waals surface area contributed by atoms with Crippen LogP contribution in [0.15, 0.2) is 28.8 Å². The average Bonchev–Trinajstić information content (AvgIpc) is 2.20. The van der Waals surface area contributed by atoms with Crippen molar-refractivity contribution in [1.82, 2.24) is 0 Å². The van der Waals surface area contributed by atoms with E-state index in [9.17, 15) is 0 Å². The molecular formula is C15H21N. The topological polar surface area (TPSA) is 12.4 Å². The van der Waals surface area contributed by atoms with Crippen LogP contribution in [-0.4, -0.2) is 12.8 Å². The first-order valence-corrected chi connectivity index (χ1v) is 5.65. The van der Waals surface area contributed by atoms with Crippen LogP contribution in [0.25, 0.3) is 0 Å². The molecule has 0 aliphatic rings. The lowest BCUT2D eigenvalue weighted by molar-refractivity contribution is 1.28. The third-order valence-corrected chi connectivity index (χ3v) is 2.78. The van der Waals surface area contributed by atoms with E-state index in [1.54, 1.807) is 0 Å². The molecule has 1 nitrogen and oxygen atoms in total. The second-order valence-corrected chi connectivity index (χ2v) is 4.58. The number of nitrogens with zero attached hydrogens (tertiary/aromatic N) is 1. The first-order chi connectivity index (χ1) is 7.45. The van der Waals surface area contributed by atoms with Crippen LogP contribution in [0.1, 0.15) is 36.1 Å². The second kappa shape index (κ2) is 5.11. The Morgan fingerprint density at radius 3 is 2.06 bits per heavy atom. The van der Waals surface area contributed by atoms with Gasteiger partial charge in [0, 0.05) is 12.6 Å². The summed E-state index contributed by atoms with van der Waals surface area (Å²) >= 11 is 0. The Labute approximate surface area is 98.9 Å². The Balaban J connectivity index is 3.32. The first-order valence-electron chi connectivity index (χ1n) is 5.65. The fourth-order valence-electron chi connectivity index (χ4n) is 1.77. The number of benzene rings is 1. The molecule has 1 aromatic carbocycles. The minimum Gasteiger partial charge on any atom is -0.288 e. The lowest BCUT2D eigenvalue weighted by Crippen LogP contribution is -2.02. The SMILES string of the molecule is CN=C(C=C(C)C)c1cc(C)c(C)cc1C. The molecule has 16 heavy (non-hydrogen) atoms. The van der Waals surface area contributed by atoms with Crippen LogP contribution in [0.3, 0.4) is 0 Å². The van der Waals surface area contributed by atoms with Crippen LogP contribution in [0.2, 0.25) is 0 Å². The zero-order valence-corrected chi connectivity index (χ0v) is 11.2. The molecular weight excluding hydrogens is 194 g/mol. The van der Waals surface area contributed by atoms with Crippen molar-refractivity contribution in [2.45, 2.75) is 34.6 Å². The van der Waals surface area contributed by atoms with Crippen LogP contribution < -0.4 is 0 Å². The van der Waals surface area contributed by atoms with Crippen molar-refractivity contribution < 1.29 is 0 Å². The Bertz CT molecular complexity index is 447. The van der Waals surface area contributed by atoms with Gasteiger partial charge in [0.15, 0.2) is 0 Å².